The molecule has 0 atom stereocenters. The molecule has 17 heavy (non-hydrogen) atoms. The topological polar surface area (TPSA) is 37.4 Å². The van der Waals surface area contributed by atoms with Gasteiger partial charge in [0.05, 0.1) is 18.9 Å². The molecular weight excluding hydrogens is 234 g/mol. The number of rotatable bonds is 5. The summed E-state index contributed by atoms with van der Waals surface area (Å²) in [5, 5.41) is 4.39. The predicted molar refractivity (Wildman–Crippen MR) is 71.9 cm³/mol. The Morgan fingerprint density at radius 1 is 1.41 bits per heavy atom. The molecule has 0 spiro atoms. The van der Waals surface area contributed by atoms with Gasteiger partial charge in [-0.1, -0.05) is 13.3 Å². The van der Waals surface area contributed by atoms with Gasteiger partial charge in [0.2, 0.25) is 0 Å². The number of ether oxygens (including phenoxy) is 1. The summed E-state index contributed by atoms with van der Waals surface area (Å²) < 4.78 is 5.38. The van der Waals surface area contributed by atoms with Crippen molar-refractivity contribution in [1.82, 2.24) is 10.3 Å². The molecule has 5 heteroatoms. The molecule has 1 aromatic rings. The van der Waals surface area contributed by atoms with Crippen LogP contribution >= 0.6 is 11.3 Å². The van der Waals surface area contributed by atoms with Crippen molar-refractivity contribution in [1.29, 1.82) is 0 Å². The van der Waals surface area contributed by atoms with Crippen molar-refractivity contribution in [3.05, 3.63) is 10.6 Å². The van der Waals surface area contributed by atoms with E-state index in [1.807, 2.05) is 18.4 Å². The van der Waals surface area contributed by atoms with Gasteiger partial charge >= 0.3 is 0 Å². The molecule has 0 saturated carbocycles. The van der Waals surface area contributed by atoms with Crippen molar-refractivity contribution in [3.63, 3.8) is 0 Å². The molecule has 1 fully saturated rings. The van der Waals surface area contributed by atoms with Crippen LogP contribution in [0.2, 0.25) is 0 Å². The van der Waals surface area contributed by atoms with Gasteiger partial charge in [-0.3, -0.25) is 0 Å². The Morgan fingerprint density at radius 2 is 2.18 bits per heavy atom. The van der Waals surface area contributed by atoms with Gasteiger partial charge in [0.15, 0.2) is 5.13 Å². The van der Waals surface area contributed by atoms with E-state index in [0.29, 0.717) is 0 Å². The number of nitrogens with one attached hydrogen (secondary N) is 1. The minimum atomic E-state index is 0.823. The van der Waals surface area contributed by atoms with E-state index in [1.54, 1.807) is 0 Å². The SMILES string of the molecule is CCCc1nc(N2CCOCC2)sc1CNC. The smallest absolute Gasteiger partial charge is 0.185 e. The molecule has 1 aliphatic heterocycles. The maximum absolute atomic E-state index is 5.38. The zero-order chi connectivity index (χ0) is 12.1. The summed E-state index contributed by atoms with van der Waals surface area (Å²) in [6.07, 6.45) is 2.24. The average Bonchev–Trinajstić information content (AvgIpc) is 2.75. The van der Waals surface area contributed by atoms with E-state index in [0.717, 1.165) is 45.7 Å². The third kappa shape index (κ3) is 3.18. The van der Waals surface area contributed by atoms with Gasteiger partial charge in [0.25, 0.3) is 0 Å². The Labute approximate surface area is 107 Å². The molecule has 1 N–H and O–H groups in total. The highest BCUT2D eigenvalue weighted by Crippen LogP contribution is 2.27. The summed E-state index contributed by atoms with van der Waals surface area (Å²) in [5.41, 5.74) is 1.27. The molecule has 0 aliphatic carbocycles. The molecule has 1 saturated heterocycles. The van der Waals surface area contributed by atoms with Crippen molar-refractivity contribution < 1.29 is 4.74 Å². The van der Waals surface area contributed by atoms with Crippen LogP contribution in [0.15, 0.2) is 0 Å². The molecule has 2 rings (SSSR count). The van der Waals surface area contributed by atoms with Crippen LogP contribution in [0.25, 0.3) is 0 Å². The van der Waals surface area contributed by atoms with Crippen molar-refractivity contribution in [2.24, 2.45) is 0 Å². The Kier molecular flexibility index (Phi) is 4.76. The van der Waals surface area contributed by atoms with Crippen LogP contribution in [-0.4, -0.2) is 38.3 Å². The highest BCUT2D eigenvalue weighted by Gasteiger charge is 2.17. The minimum Gasteiger partial charge on any atom is -0.378 e. The first kappa shape index (κ1) is 12.8. The predicted octanol–water partition coefficient (Wildman–Crippen LogP) is 1.65. The van der Waals surface area contributed by atoms with Crippen molar-refractivity contribution in [2.75, 3.05) is 38.3 Å². The fourth-order valence-electron chi connectivity index (χ4n) is 1.99. The summed E-state index contributed by atoms with van der Waals surface area (Å²) in [4.78, 5) is 8.52. The summed E-state index contributed by atoms with van der Waals surface area (Å²) in [7, 11) is 1.99. The molecule has 0 bridgehead atoms. The second-order valence-electron chi connectivity index (χ2n) is 4.25. The summed E-state index contributed by atoms with van der Waals surface area (Å²) in [6, 6.07) is 0. The van der Waals surface area contributed by atoms with Crippen LogP contribution in [0.5, 0.6) is 0 Å². The van der Waals surface area contributed by atoms with E-state index in [2.05, 4.69) is 17.1 Å². The lowest BCUT2D eigenvalue weighted by molar-refractivity contribution is 0.122. The lowest BCUT2D eigenvalue weighted by Crippen LogP contribution is -2.36. The van der Waals surface area contributed by atoms with Crippen LogP contribution in [0, 0.1) is 0 Å². The molecule has 0 unspecified atom stereocenters. The number of nitrogens with zero attached hydrogens (tertiary/aromatic N) is 2. The van der Waals surface area contributed by atoms with Crippen LogP contribution in [-0.2, 0) is 17.7 Å². The first-order valence-corrected chi connectivity index (χ1v) is 7.12. The number of aryl methyl sites for hydroxylation is 1. The van der Waals surface area contributed by atoms with Gasteiger partial charge < -0.3 is 15.0 Å². The largest absolute Gasteiger partial charge is 0.378 e. The van der Waals surface area contributed by atoms with Gasteiger partial charge in [-0.25, -0.2) is 4.98 Å². The number of morpholine rings is 1. The van der Waals surface area contributed by atoms with Gasteiger partial charge in [-0.05, 0) is 13.5 Å². The van der Waals surface area contributed by atoms with E-state index in [9.17, 15) is 0 Å². The standard InChI is InChI=1S/C12H21N3OS/c1-3-4-10-11(9-13-2)17-12(14-10)15-5-7-16-8-6-15/h13H,3-9H2,1-2H3. The highest BCUT2D eigenvalue weighted by atomic mass is 32.1. The molecule has 1 aromatic heterocycles. The lowest BCUT2D eigenvalue weighted by atomic mass is 10.2. The van der Waals surface area contributed by atoms with E-state index in [1.165, 1.54) is 15.7 Å². The zero-order valence-corrected chi connectivity index (χ0v) is 11.5. The second-order valence-corrected chi connectivity index (χ2v) is 5.31. The molecule has 1 aliphatic rings. The van der Waals surface area contributed by atoms with Gasteiger partial charge in [-0.15, -0.1) is 11.3 Å². The monoisotopic (exact) mass is 255 g/mol. The van der Waals surface area contributed by atoms with Crippen LogP contribution in [0.4, 0.5) is 5.13 Å². The zero-order valence-electron chi connectivity index (χ0n) is 10.7. The normalized spacial score (nSPS) is 16.5. The van der Waals surface area contributed by atoms with Gasteiger partial charge in [0, 0.05) is 24.5 Å². The highest BCUT2D eigenvalue weighted by molar-refractivity contribution is 7.15. The summed E-state index contributed by atoms with van der Waals surface area (Å²) in [6.45, 7) is 6.72. The van der Waals surface area contributed by atoms with Crippen LogP contribution in [0.3, 0.4) is 0 Å². The molecular formula is C12H21N3OS. The van der Waals surface area contributed by atoms with Gasteiger partial charge in [0.1, 0.15) is 0 Å². The van der Waals surface area contributed by atoms with E-state index in [-0.39, 0.29) is 0 Å². The molecule has 4 nitrogen and oxygen atoms in total. The fourth-order valence-corrected chi connectivity index (χ4v) is 3.16. The number of anilines is 1. The summed E-state index contributed by atoms with van der Waals surface area (Å²) in [5.74, 6) is 0. The third-order valence-electron chi connectivity index (χ3n) is 2.87. The fraction of sp³-hybridized carbons (Fsp3) is 0.750. The second kappa shape index (κ2) is 6.33. The Balaban J connectivity index is 2.13. The van der Waals surface area contributed by atoms with Crippen LogP contribution < -0.4 is 10.2 Å². The number of hydrogen-bond donors (Lipinski definition) is 1. The lowest BCUT2D eigenvalue weighted by Gasteiger charge is -2.26. The minimum absolute atomic E-state index is 0.823. The van der Waals surface area contributed by atoms with E-state index < -0.39 is 0 Å². The maximum Gasteiger partial charge on any atom is 0.185 e. The maximum atomic E-state index is 5.38. The van der Waals surface area contributed by atoms with Gasteiger partial charge in [-0.2, -0.15) is 0 Å². The molecule has 0 aromatic carbocycles. The number of aromatic nitrogens is 1. The Morgan fingerprint density at radius 3 is 2.82 bits per heavy atom. The van der Waals surface area contributed by atoms with E-state index in [4.69, 9.17) is 9.72 Å². The Hall–Kier alpha value is -0.650. The van der Waals surface area contributed by atoms with Crippen molar-refractivity contribution >= 4 is 16.5 Å². The van der Waals surface area contributed by atoms with Crippen LogP contribution in [0.1, 0.15) is 23.9 Å². The third-order valence-corrected chi connectivity index (χ3v) is 4.03. The molecule has 96 valence electrons. The average molecular weight is 255 g/mol. The Bertz CT molecular complexity index is 324. The molecule has 0 amide bonds. The number of thiazole rings is 1. The first-order valence-electron chi connectivity index (χ1n) is 6.31. The summed E-state index contributed by atoms with van der Waals surface area (Å²) >= 11 is 1.83. The first-order chi connectivity index (χ1) is 8.35. The number of hydrogen-bond acceptors (Lipinski definition) is 5. The van der Waals surface area contributed by atoms with Crippen molar-refractivity contribution in [3.8, 4) is 0 Å². The molecule has 2 heterocycles. The van der Waals surface area contributed by atoms with Crippen molar-refractivity contribution in [2.45, 2.75) is 26.3 Å². The van der Waals surface area contributed by atoms with E-state index >= 15 is 0 Å². The molecule has 0 radical (unpaired) electrons. The quantitative estimate of drug-likeness (QED) is 0.868.